The highest BCUT2D eigenvalue weighted by Gasteiger charge is 2.58. The van der Waals surface area contributed by atoms with Gasteiger partial charge in [-0.05, 0) is 212 Å². The van der Waals surface area contributed by atoms with Gasteiger partial charge >= 0.3 is 0 Å². The summed E-state index contributed by atoms with van der Waals surface area (Å²) >= 11 is 13.7. The number of aromatic nitrogens is 2. The number of aryl methyl sites for hydroxylation is 1. The van der Waals surface area contributed by atoms with E-state index in [1.165, 1.54) is 163 Å². The highest BCUT2D eigenvalue weighted by atomic mass is 35.5. The van der Waals surface area contributed by atoms with E-state index >= 15 is 0 Å². The minimum atomic E-state index is -0.122. The molecule has 0 amide bonds. The molecule has 3 nitrogen and oxygen atoms in total. The Morgan fingerprint density at radius 2 is 0.804 bits per heavy atom. The summed E-state index contributed by atoms with van der Waals surface area (Å²) in [7, 11) is 0. The monoisotopic (exact) mass is 1320 g/mol. The number of nitrogens with zero attached hydrogens (tertiary/aromatic N) is 3. The topological polar surface area (TPSA) is 13.1 Å². The number of fused-ring (bicyclic) bond motifs is 16. The van der Waals surface area contributed by atoms with Crippen molar-refractivity contribution >= 4 is 56.4 Å². The molecule has 5 aliphatic carbocycles. The van der Waals surface area contributed by atoms with Gasteiger partial charge in [0, 0.05) is 70.9 Å². The molecule has 16 rings (SSSR count). The molecule has 3 heterocycles. The summed E-state index contributed by atoms with van der Waals surface area (Å²) in [5.41, 5.74) is 31.0. The van der Waals surface area contributed by atoms with Gasteiger partial charge in [-0.25, -0.2) is 0 Å². The third-order valence-electron chi connectivity index (χ3n) is 25.4. The summed E-state index contributed by atoms with van der Waals surface area (Å²) in [6.45, 7) is 49.5. The lowest BCUT2D eigenvalue weighted by atomic mass is 9.58. The number of rotatable bonds is 3. The number of hydrogen-bond donors (Lipinski definition) is 0. The van der Waals surface area contributed by atoms with Crippen LogP contribution in [0.15, 0.2) is 158 Å². The van der Waals surface area contributed by atoms with Crippen molar-refractivity contribution < 1.29 is 0 Å². The molecule has 2 fully saturated rings. The minimum Gasteiger partial charge on any atom is -0.334 e. The third-order valence-corrected chi connectivity index (χ3v) is 25.8. The highest BCUT2D eigenvalue weighted by molar-refractivity contribution is 6.31. The number of benzene rings is 8. The molecule has 0 spiro atoms. The maximum Gasteiger partial charge on any atom is 0.0585 e. The molecule has 0 bridgehead atoms. The molecule has 2 aromatic heterocycles. The van der Waals surface area contributed by atoms with E-state index in [9.17, 15) is 0 Å². The lowest BCUT2D eigenvalue weighted by Gasteiger charge is -2.50. The predicted molar refractivity (Wildman–Crippen MR) is 418 cm³/mol. The van der Waals surface area contributed by atoms with Crippen LogP contribution in [0.3, 0.4) is 0 Å². The molecule has 4 unspecified atom stereocenters. The fourth-order valence-electron chi connectivity index (χ4n) is 19.3. The van der Waals surface area contributed by atoms with Crippen LogP contribution in [0.4, 0.5) is 11.4 Å². The van der Waals surface area contributed by atoms with E-state index in [-0.39, 0.29) is 43.4 Å². The second-order valence-corrected chi connectivity index (χ2v) is 37.5. The maximum atomic E-state index is 7.22. The van der Waals surface area contributed by atoms with E-state index in [4.69, 9.17) is 23.2 Å². The molecule has 8 aromatic carbocycles. The second-order valence-electron chi connectivity index (χ2n) is 36.6. The van der Waals surface area contributed by atoms with Crippen molar-refractivity contribution in [3.8, 4) is 33.9 Å². The molecule has 6 aliphatic rings. The summed E-state index contributed by atoms with van der Waals surface area (Å²) in [5.74, 6) is 0. The maximum absolute atomic E-state index is 7.22. The first-order chi connectivity index (χ1) is 45.3. The zero-order valence-corrected chi connectivity index (χ0v) is 64.0. The normalized spacial score (nSPS) is 22.5. The van der Waals surface area contributed by atoms with Gasteiger partial charge in [-0.15, -0.1) is 0 Å². The van der Waals surface area contributed by atoms with Gasteiger partial charge in [0.1, 0.15) is 0 Å². The Morgan fingerprint density at radius 3 is 1.32 bits per heavy atom. The quantitative estimate of drug-likeness (QED) is 0.172. The standard InChI is InChI=1S/C45H51ClN2.C28H28ClN.C19H28/c1-41(2,3)28-17-19-37-34(23-28)39-40(33-15-11-12-16-35(33)43(39,7)8)47(37)31-25-30(46)26-32(27-31)48-38-20-18-29(42(4,5)6)24-36(38)44(9)21-13-14-22-45(44,48)10;1-17-13-19(29)16-20(14-17)30-24-12-11-18(27(2,3)4)15-22(24)25-26(30)21-9-7-8-10-23(21)28(25,5)6;1-17(2,3)15-9-8-14-13-18(4)10-6-7-11-19(18,5)16(14)12-15/h11-12,15-20,23-27H,13-14,21-22H2,1-10H3;7-16H,1-6H3;8-9,12H,6-7,10-11,13H2,1-5H3. The minimum absolute atomic E-state index is 0.0526. The van der Waals surface area contributed by atoms with E-state index in [1.807, 2.05) is 6.07 Å². The third kappa shape index (κ3) is 10.5. The summed E-state index contributed by atoms with van der Waals surface area (Å²) < 4.78 is 4.94. The Morgan fingerprint density at radius 1 is 0.381 bits per heavy atom. The first kappa shape index (κ1) is 67.4. The average molecular weight is 1330 g/mol. The van der Waals surface area contributed by atoms with Crippen molar-refractivity contribution in [1.29, 1.82) is 0 Å². The largest absolute Gasteiger partial charge is 0.334 e. The van der Waals surface area contributed by atoms with Crippen LogP contribution >= 0.6 is 23.2 Å². The Bertz CT molecular complexity index is 4820. The Balaban J connectivity index is 0.000000139. The van der Waals surface area contributed by atoms with Crippen LogP contribution < -0.4 is 4.90 Å². The van der Waals surface area contributed by atoms with E-state index in [2.05, 4.69) is 311 Å². The molecule has 5 heteroatoms. The molecule has 1 aliphatic heterocycles. The van der Waals surface area contributed by atoms with Crippen molar-refractivity contribution in [2.45, 2.75) is 252 Å². The van der Waals surface area contributed by atoms with Crippen molar-refractivity contribution in [3.05, 3.63) is 235 Å². The molecule has 10 aromatic rings. The van der Waals surface area contributed by atoms with E-state index in [0.717, 1.165) is 27.8 Å². The van der Waals surface area contributed by atoms with E-state index in [0.29, 0.717) is 10.8 Å². The average Bonchev–Trinajstić information content (AvgIpc) is 1.55. The molecule has 2 saturated carbocycles. The van der Waals surface area contributed by atoms with E-state index in [1.54, 1.807) is 11.1 Å². The lowest BCUT2D eigenvalue weighted by Crippen LogP contribution is -2.54. The first-order valence-electron chi connectivity index (χ1n) is 36.6. The van der Waals surface area contributed by atoms with E-state index < -0.39 is 0 Å². The van der Waals surface area contributed by atoms with Gasteiger partial charge in [0.15, 0.2) is 0 Å². The van der Waals surface area contributed by atoms with Crippen LogP contribution in [0.25, 0.3) is 55.7 Å². The highest BCUT2D eigenvalue weighted by Crippen LogP contribution is 2.64. The van der Waals surface area contributed by atoms with Gasteiger partial charge in [0.25, 0.3) is 0 Å². The number of halogens is 2. The fourth-order valence-corrected chi connectivity index (χ4v) is 19.8. The van der Waals surface area contributed by atoms with Crippen molar-refractivity contribution in [2.75, 3.05) is 4.90 Å². The van der Waals surface area contributed by atoms with Gasteiger partial charge in [0.05, 0.1) is 28.0 Å². The van der Waals surface area contributed by atoms with Crippen LogP contribution in [0.1, 0.15) is 257 Å². The summed E-state index contributed by atoms with van der Waals surface area (Å²) in [4.78, 5) is 2.67. The van der Waals surface area contributed by atoms with Crippen LogP contribution in [0.5, 0.6) is 0 Å². The predicted octanol–water partition coefficient (Wildman–Crippen LogP) is 26.5. The van der Waals surface area contributed by atoms with Crippen LogP contribution in [0, 0.1) is 12.3 Å². The Labute approximate surface area is 592 Å². The summed E-state index contributed by atoms with van der Waals surface area (Å²) in [6.07, 6.45) is 11.8. The second kappa shape index (κ2) is 22.6. The molecule has 0 N–H and O–H groups in total. The zero-order valence-electron chi connectivity index (χ0n) is 62.5. The SMILES string of the molecule is CC(C)(C)c1ccc2c(c1)C1(C)CCCCC1(C)C2.CC(C)(C)c1ccc2c(c1)C1(C)CCCCC1(C)N2c1cc(Cl)cc(-n2c3c(c4cc(C(C)(C)C)ccc42)C(C)(C)c2ccccc2-3)c1.Cc1cc(Cl)cc(-n2c3c(c4cc(C(C)(C)C)ccc42)C(C)(C)c2ccccc2-3)c1. The number of anilines is 2. The molecular formula is C92H107Cl2N3. The van der Waals surface area contributed by atoms with Crippen LogP contribution in [0.2, 0.25) is 10.0 Å². The summed E-state index contributed by atoms with van der Waals surface area (Å²) in [5, 5.41) is 4.23. The summed E-state index contributed by atoms with van der Waals surface area (Å²) in [6, 6.07) is 59.7. The van der Waals surface area contributed by atoms with Gasteiger partial charge in [0.2, 0.25) is 0 Å². The van der Waals surface area contributed by atoms with Gasteiger partial charge < -0.3 is 14.0 Å². The molecule has 0 radical (unpaired) electrons. The zero-order chi connectivity index (χ0) is 69.5. The molecule has 97 heavy (non-hydrogen) atoms. The molecule has 0 saturated heterocycles. The smallest absolute Gasteiger partial charge is 0.0585 e. The van der Waals surface area contributed by atoms with Crippen molar-refractivity contribution in [1.82, 2.24) is 9.13 Å². The lowest BCUT2D eigenvalue weighted by molar-refractivity contribution is 0.109. The number of hydrogen-bond acceptors (Lipinski definition) is 1. The Kier molecular flexibility index (Phi) is 15.7. The van der Waals surface area contributed by atoms with Crippen molar-refractivity contribution in [3.63, 3.8) is 0 Å². The molecule has 4 atom stereocenters. The Hall–Kier alpha value is -6.78. The van der Waals surface area contributed by atoms with Gasteiger partial charge in [-0.3, -0.25) is 0 Å². The van der Waals surface area contributed by atoms with Crippen LogP contribution in [-0.4, -0.2) is 14.7 Å². The van der Waals surface area contributed by atoms with Crippen LogP contribution in [-0.2, 0) is 49.7 Å². The molecule has 504 valence electrons. The first-order valence-corrected chi connectivity index (χ1v) is 37.3. The fraction of sp³-hybridized carbons (Fsp3) is 0.435. The van der Waals surface area contributed by atoms with Crippen molar-refractivity contribution in [2.24, 2.45) is 5.41 Å². The van der Waals surface area contributed by atoms with Gasteiger partial charge in [-0.1, -0.05) is 271 Å². The van der Waals surface area contributed by atoms with Gasteiger partial charge in [-0.2, -0.15) is 0 Å². The molecular weight excluding hydrogens is 1220 g/mol.